The second-order valence-corrected chi connectivity index (χ2v) is 3.02. The molecule has 0 radical (unpaired) electrons. The van der Waals surface area contributed by atoms with Crippen molar-refractivity contribution in [1.82, 2.24) is 0 Å². The van der Waals surface area contributed by atoms with Crippen molar-refractivity contribution in [2.24, 2.45) is 0 Å². The predicted octanol–water partition coefficient (Wildman–Crippen LogP) is 3.23. The van der Waals surface area contributed by atoms with Crippen molar-refractivity contribution >= 4 is 0 Å². The summed E-state index contributed by atoms with van der Waals surface area (Å²) in [6.45, 7) is 12.0. The quantitative estimate of drug-likeness (QED) is 0.544. The lowest BCUT2D eigenvalue weighted by atomic mass is 9.81. The molecule has 0 nitrogen and oxygen atoms in total. The van der Waals surface area contributed by atoms with E-state index >= 15 is 0 Å². The molecule has 0 unspecified atom stereocenters. The van der Waals surface area contributed by atoms with Gasteiger partial charge in [0.2, 0.25) is 0 Å². The molecule has 0 atom stereocenters. The molecule has 0 spiro atoms. The Morgan fingerprint density at radius 1 is 1.00 bits per heavy atom. The average Bonchev–Trinajstić information content (AvgIpc) is 1.56. The summed E-state index contributed by atoms with van der Waals surface area (Å²) in [6, 6.07) is 0. The van der Waals surface area contributed by atoms with E-state index in [1.807, 2.05) is 0 Å². The maximum Gasteiger partial charge on any atom is -0.0233 e. The fourth-order valence-corrected chi connectivity index (χ4v) is 1.32. The molecule has 0 aliphatic heterocycles. The van der Waals surface area contributed by atoms with E-state index in [4.69, 9.17) is 0 Å². The van der Waals surface area contributed by atoms with Gasteiger partial charge in [-0.15, -0.1) is 0 Å². The third kappa shape index (κ3) is 1.06. The van der Waals surface area contributed by atoms with E-state index in [1.165, 1.54) is 35.1 Å². The Morgan fingerprint density at radius 3 is 1.40 bits per heavy atom. The molecule has 0 amide bonds. The molecule has 0 aromatic carbocycles. The summed E-state index contributed by atoms with van der Waals surface area (Å²) in [5.74, 6) is 0. The third-order valence-electron chi connectivity index (χ3n) is 2.02. The summed E-state index contributed by atoms with van der Waals surface area (Å²) < 4.78 is 0. The van der Waals surface area contributed by atoms with E-state index in [0.717, 1.165) is 0 Å². The molecule has 54 valence electrons. The van der Waals surface area contributed by atoms with Crippen LogP contribution in [0.3, 0.4) is 0 Å². The Balaban J connectivity index is 2.87. The van der Waals surface area contributed by atoms with E-state index < -0.39 is 0 Å². The van der Waals surface area contributed by atoms with Gasteiger partial charge in [0.05, 0.1) is 0 Å². The minimum atomic E-state index is 1.21. The van der Waals surface area contributed by atoms with Crippen LogP contribution in [0.5, 0.6) is 0 Å². The number of hydrogen-bond acceptors (Lipinski definition) is 0. The minimum Gasteiger partial charge on any atom is -0.0958 e. The highest BCUT2D eigenvalue weighted by Crippen LogP contribution is 2.36. The van der Waals surface area contributed by atoms with Crippen molar-refractivity contribution in [2.45, 2.75) is 26.7 Å². The van der Waals surface area contributed by atoms with Crippen LogP contribution in [0, 0.1) is 0 Å². The van der Waals surface area contributed by atoms with Crippen molar-refractivity contribution in [1.29, 1.82) is 0 Å². The van der Waals surface area contributed by atoms with Gasteiger partial charge in [0.15, 0.2) is 0 Å². The smallest absolute Gasteiger partial charge is 0.0233 e. The molecule has 0 saturated carbocycles. The highest BCUT2D eigenvalue weighted by Gasteiger charge is 2.16. The standard InChI is InChI=1S/C10H14/c1-7(2)9-5-6-10(9)8(3)4/h1,3,5-6H2,2,4H3. The van der Waals surface area contributed by atoms with Gasteiger partial charge in [0.1, 0.15) is 0 Å². The maximum absolute atomic E-state index is 3.91. The van der Waals surface area contributed by atoms with Crippen LogP contribution in [0.4, 0.5) is 0 Å². The normalized spacial score (nSPS) is 16.6. The third-order valence-corrected chi connectivity index (χ3v) is 2.02. The molecule has 1 aliphatic rings. The average molecular weight is 134 g/mol. The SMILES string of the molecule is C=C(C)C1=C(C(=C)C)CC1. The Hall–Kier alpha value is -0.780. The molecular weight excluding hydrogens is 120 g/mol. The van der Waals surface area contributed by atoms with Gasteiger partial charge in [0, 0.05) is 0 Å². The zero-order chi connectivity index (χ0) is 7.72. The van der Waals surface area contributed by atoms with Crippen LogP contribution in [-0.4, -0.2) is 0 Å². The largest absolute Gasteiger partial charge is 0.0958 e. The molecule has 0 saturated heterocycles. The summed E-state index contributed by atoms with van der Waals surface area (Å²) in [6.07, 6.45) is 2.41. The number of allylic oxidation sites excluding steroid dienone is 4. The highest BCUT2D eigenvalue weighted by atomic mass is 14.2. The monoisotopic (exact) mass is 134 g/mol. The lowest BCUT2D eigenvalue weighted by Gasteiger charge is -2.24. The van der Waals surface area contributed by atoms with E-state index in [9.17, 15) is 0 Å². The van der Waals surface area contributed by atoms with Crippen LogP contribution in [0.25, 0.3) is 0 Å². The lowest BCUT2D eigenvalue weighted by molar-refractivity contribution is 0.821. The van der Waals surface area contributed by atoms with Crippen LogP contribution in [-0.2, 0) is 0 Å². The van der Waals surface area contributed by atoms with Crippen LogP contribution in [0.1, 0.15) is 26.7 Å². The Morgan fingerprint density at radius 2 is 1.30 bits per heavy atom. The van der Waals surface area contributed by atoms with Crippen molar-refractivity contribution < 1.29 is 0 Å². The second kappa shape index (κ2) is 2.45. The lowest BCUT2D eigenvalue weighted by Crippen LogP contribution is -2.05. The Kier molecular flexibility index (Phi) is 1.80. The van der Waals surface area contributed by atoms with E-state index in [2.05, 4.69) is 27.0 Å². The van der Waals surface area contributed by atoms with Gasteiger partial charge in [-0.25, -0.2) is 0 Å². The molecule has 10 heavy (non-hydrogen) atoms. The van der Waals surface area contributed by atoms with Gasteiger partial charge in [0.25, 0.3) is 0 Å². The van der Waals surface area contributed by atoms with Gasteiger partial charge >= 0.3 is 0 Å². The van der Waals surface area contributed by atoms with E-state index in [0.29, 0.717) is 0 Å². The first-order chi connectivity index (χ1) is 4.63. The Labute approximate surface area is 62.9 Å². The summed E-state index contributed by atoms with van der Waals surface area (Å²) >= 11 is 0. The van der Waals surface area contributed by atoms with Crippen LogP contribution in [0.15, 0.2) is 35.5 Å². The maximum atomic E-state index is 3.91. The molecule has 0 N–H and O–H groups in total. The predicted molar refractivity (Wildman–Crippen MR) is 45.9 cm³/mol. The topological polar surface area (TPSA) is 0 Å². The van der Waals surface area contributed by atoms with Crippen molar-refractivity contribution in [3.05, 3.63) is 35.5 Å². The van der Waals surface area contributed by atoms with Gasteiger partial charge in [-0.2, -0.15) is 0 Å². The molecule has 0 bridgehead atoms. The molecule has 1 rings (SSSR count). The summed E-state index contributed by atoms with van der Waals surface area (Å²) in [5.41, 5.74) is 5.30. The molecule has 1 aliphatic carbocycles. The minimum absolute atomic E-state index is 1.21. The summed E-state index contributed by atoms with van der Waals surface area (Å²) in [5, 5.41) is 0. The fourth-order valence-electron chi connectivity index (χ4n) is 1.32. The first kappa shape index (κ1) is 7.33. The molecule has 0 heterocycles. The van der Waals surface area contributed by atoms with Crippen molar-refractivity contribution in [2.75, 3.05) is 0 Å². The van der Waals surface area contributed by atoms with Crippen molar-refractivity contribution in [3.63, 3.8) is 0 Å². The number of rotatable bonds is 2. The second-order valence-electron chi connectivity index (χ2n) is 3.02. The molecule has 0 fully saturated rings. The van der Waals surface area contributed by atoms with Crippen LogP contribution in [0.2, 0.25) is 0 Å². The van der Waals surface area contributed by atoms with Crippen LogP contribution >= 0.6 is 0 Å². The van der Waals surface area contributed by atoms with Gasteiger partial charge in [-0.05, 0) is 37.8 Å². The summed E-state index contributed by atoms with van der Waals surface area (Å²) in [4.78, 5) is 0. The van der Waals surface area contributed by atoms with Crippen molar-refractivity contribution in [3.8, 4) is 0 Å². The Bertz CT molecular complexity index is 192. The summed E-state index contributed by atoms with van der Waals surface area (Å²) in [7, 11) is 0. The zero-order valence-electron chi connectivity index (χ0n) is 6.83. The van der Waals surface area contributed by atoms with E-state index in [-0.39, 0.29) is 0 Å². The zero-order valence-corrected chi connectivity index (χ0v) is 6.83. The molecule has 0 heteroatoms. The van der Waals surface area contributed by atoms with Gasteiger partial charge < -0.3 is 0 Å². The van der Waals surface area contributed by atoms with Gasteiger partial charge in [-0.1, -0.05) is 24.3 Å². The van der Waals surface area contributed by atoms with Gasteiger partial charge in [-0.3, -0.25) is 0 Å². The molecule has 0 aromatic rings. The molecule has 0 aromatic heterocycles. The first-order valence-electron chi connectivity index (χ1n) is 3.66. The highest BCUT2D eigenvalue weighted by molar-refractivity contribution is 5.47. The van der Waals surface area contributed by atoms with E-state index in [1.54, 1.807) is 0 Å². The number of hydrogen-bond donors (Lipinski definition) is 0. The van der Waals surface area contributed by atoms with Crippen LogP contribution < -0.4 is 0 Å². The molecular formula is C10H14. The first-order valence-corrected chi connectivity index (χ1v) is 3.66. The fraction of sp³-hybridized carbons (Fsp3) is 0.400.